The van der Waals surface area contributed by atoms with Gasteiger partial charge >= 0.3 is 0 Å². The second-order valence-electron chi connectivity index (χ2n) is 6.26. The number of aromatic nitrogens is 1. The number of pyridine rings is 1. The summed E-state index contributed by atoms with van der Waals surface area (Å²) in [6, 6.07) is 8.65. The van der Waals surface area contributed by atoms with Crippen molar-refractivity contribution in [2.45, 2.75) is 33.6 Å². The molecule has 1 aromatic heterocycles. The number of nitrogens with one attached hydrogen (secondary N) is 1. The number of benzene rings is 1. The summed E-state index contributed by atoms with van der Waals surface area (Å²) in [4.78, 5) is 4.28. The van der Waals surface area contributed by atoms with Crippen molar-refractivity contribution >= 4 is 10.8 Å². The second kappa shape index (κ2) is 6.85. The van der Waals surface area contributed by atoms with Gasteiger partial charge in [0.05, 0.1) is 0 Å². The van der Waals surface area contributed by atoms with Gasteiger partial charge in [0.25, 0.3) is 0 Å². The highest BCUT2D eigenvalue weighted by Gasteiger charge is 2.16. The molecule has 0 aliphatic heterocycles. The van der Waals surface area contributed by atoms with Gasteiger partial charge in [0.1, 0.15) is 0 Å². The van der Waals surface area contributed by atoms with Crippen LogP contribution in [0.3, 0.4) is 0 Å². The van der Waals surface area contributed by atoms with Gasteiger partial charge in [0.2, 0.25) is 0 Å². The Morgan fingerprint density at radius 2 is 1.85 bits per heavy atom. The first-order valence-corrected chi connectivity index (χ1v) is 7.63. The van der Waals surface area contributed by atoms with Gasteiger partial charge < -0.3 is 5.32 Å². The van der Waals surface area contributed by atoms with Crippen LogP contribution in [0.2, 0.25) is 0 Å². The van der Waals surface area contributed by atoms with Crippen LogP contribution in [-0.2, 0) is 0 Å². The van der Waals surface area contributed by atoms with Crippen molar-refractivity contribution in [3.63, 3.8) is 0 Å². The minimum Gasteiger partial charge on any atom is -0.316 e. The van der Waals surface area contributed by atoms with E-state index in [0.29, 0.717) is 17.8 Å². The zero-order valence-electron chi connectivity index (χ0n) is 13.1. The SMILES string of the molecule is CC(C)CNCC(C)C(C)c1cccc2ccncc12. The Morgan fingerprint density at radius 3 is 2.60 bits per heavy atom. The number of fused-ring (bicyclic) bond motifs is 1. The number of hydrogen-bond donors (Lipinski definition) is 1. The molecule has 1 aromatic carbocycles. The van der Waals surface area contributed by atoms with Crippen LogP contribution >= 0.6 is 0 Å². The molecule has 0 aliphatic carbocycles. The highest BCUT2D eigenvalue weighted by atomic mass is 14.9. The lowest BCUT2D eigenvalue weighted by atomic mass is 9.86. The van der Waals surface area contributed by atoms with E-state index in [4.69, 9.17) is 0 Å². The zero-order chi connectivity index (χ0) is 14.5. The van der Waals surface area contributed by atoms with Crippen LogP contribution in [0, 0.1) is 11.8 Å². The maximum absolute atomic E-state index is 4.28. The van der Waals surface area contributed by atoms with Crippen molar-refractivity contribution in [1.29, 1.82) is 0 Å². The Kier molecular flexibility index (Phi) is 5.13. The molecule has 0 bridgehead atoms. The molecule has 2 rings (SSSR count). The van der Waals surface area contributed by atoms with E-state index in [1.165, 1.54) is 16.3 Å². The molecule has 0 fully saturated rings. The standard InChI is InChI=1S/C18H26N2/c1-13(2)10-20-11-14(3)15(4)17-7-5-6-16-8-9-19-12-18(16)17/h5-9,12-15,20H,10-11H2,1-4H3. The van der Waals surface area contributed by atoms with Gasteiger partial charge in [-0.3, -0.25) is 4.98 Å². The lowest BCUT2D eigenvalue weighted by molar-refractivity contribution is 0.430. The predicted molar refractivity (Wildman–Crippen MR) is 87.0 cm³/mol. The zero-order valence-corrected chi connectivity index (χ0v) is 13.1. The van der Waals surface area contributed by atoms with Crippen LogP contribution in [0.4, 0.5) is 0 Å². The molecule has 2 heteroatoms. The topological polar surface area (TPSA) is 24.9 Å². The van der Waals surface area contributed by atoms with Gasteiger partial charge in [-0.05, 0) is 47.9 Å². The Hall–Kier alpha value is -1.41. The summed E-state index contributed by atoms with van der Waals surface area (Å²) in [6.45, 7) is 11.3. The fourth-order valence-corrected chi connectivity index (χ4v) is 2.62. The Morgan fingerprint density at radius 1 is 1.05 bits per heavy atom. The van der Waals surface area contributed by atoms with Gasteiger partial charge in [-0.1, -0.05) is 45.9 Å². The summed E-state index contributed by atoms with van der Waals surface area (Å²) in [6.07, 6.45) is 3.86. The normalized spacial score (nSPS) is 14.7. The van der Waals surface area contributed by atoms with Crippen molar-refractivity contribution < 1.29 is 0 Å². The fraction of sp³-hybridized carbons (Fsp3) is 0.500. The first-order chi connectivity index (χ1) is 9.59. The third-order valence-electron chi connectivity index (χ3n) is 4.08. The molecular formula is C18H26N2. The summed E-state index contributed by atoms with van der Waals surface area (Å²) in [5.74, 6) is 1.85. The van der Waals surface area contributed by atoms with Gasteiger partial charge in [-0.2, -0.15) is 0 Å². The second-order valence-corrected chi connectivity index (χ2v) is 6.26. The van der Waals surface area contributed by atoms with E-state index in [9.17, 15) is 0 Å². The van der Waals surface area contributed by atoms with E-state index in [0.717, 1.165) is 13.1 Å². The van der Waals surface area contributed by atoms with Crippen LogP contribution in [0.5, 0.6) is 0 Å². The largest absolute Gasteiger partial charge is 0.316 e. The lowest BCUT2D eigenvalue weighted by Gasteiger charge is -2.22. The average Bonchev–Trinajstić information content (AvgIpc) is 2.45. The van der Waals surface area contributed by atoms with Gasteiger partial charge in [0.15, 0.2) is 0 Å². The molecule has 2 nitrogen and oxygen atoms in total. The molecule has 108 valence electrons. The Balaban J connectivity index is 2.12. The van der Waals surface area contributed by atoms with E-state index in [1.54, 1.807) is 0 Å². The monoisotopic (exact) mass is 270 g/mol. The minimum atomic E-state index is 0.530. The smallest absolute Gasteiger partial charge is 0.0349 e. The first kappa shape index (κ1) is 15.0. The quantitative estimate of drug-likeness (QED) is 0.850. The van der Waals surface area contributed by atoms with Crippen molar-refractivity contribution in [3.8, 4) is 0 Å². The molecule has 0 aliphatic rings. The number of hydrogen-bond acceptors (Lipinski definition) is 2. The van der Waals surface area contributed by atoms with Crippen molar-refractivity contribution in [2.75, 3.05) is 13.1 Å². The van der Waals surface area contributed by atoms with E-state index in [2.05, 4.69) is 62.3 Å². The van der Waals surface area contributed by atoms with E-state index in [1.807, 2.05) is 12.4 Å². The summed E-state index contributed by atoms with van der Waals surface area (Å²) in [7, 11) is 0. The van der Waals surface area contributed by atoms with Crippen molar-refractivity contribution in [1.82, 2.24) is 10.3 Å². The third-order valence-corrected chi connectivity index (χ3v) is 4.08. The van der Waals surface area contributed by atoms with Gasteiger partial charge in [0, 0.05) is 17.8 Å². The molecule has 0 radical (unpaired) electrons. The molecule has 1 N–H and O–H groups in total. The van der Waals surface area contributed by atoms with Crippen LogP contribution in [0.25, 0.3) is 10.8 Å². The minimum absolute atomic E-state index is 0.530. The molecule has 0 saturated heterocycles. The molecule has 0 saturated carbocycles. The van der Waals surface area contributed by atoms with Crippen LogP contribution in [-0.4, -0.2) is 18.1 Å². The lowest BCUT2D eigenvalue weighted by Crippen LogP contribution is -2.27. The molecule has 20 heavy (non-hydrogen) atoms. The highest BCUT2D eigenvalue weighted by Crippen LogP contribution is 2.29. The average molecular weight is 270 g/mol. The molecular weight excluding hydrogens is 244 g/mol. The van der Waals surface area contributed by atoms with E-state index < -0.39 is 0 Å². The summed E-state index contributed by atoms with van der Waals surface area (Å²) >= 11 is 0. The van der Waals surface area contributed by atoms with Crippen LogP contribution < -0.4 is 5.32 Å². The molecule has 2 atom stereocenters. The molecule has 2 unspecified atom stereocenters. The first-order valence-electron chi connectivity index (χ1n) is 7.63. The summed E-state index contributed by atoms with van der Waals surface area (Å²) in [5, 5.41) is 6.14. The van der Waals surface area contributed by atoms with E-state index >= 15 is 0 Å². The van der Waals surface area contributed by atoms with Crippen LogP contribution in [0.15, 0.2) is 36.7 Å². The summed E-state index contributed by atoms with van der Waals surface area (Å²) < 4.78 is 0. The van der Waals surface area contributed by atoms with Crippen LogP contribution in [0.1, 0.15) is 39.2 Å². The number of nitrogens with zero attached hydrogens (tertiary/aromatic N) is 1. The molecule has 1 heterocycles. The highest BCUT2D eigenvalue weighted by molar-refractivity contribution is 5.85. The number of rotatable bonds is 6. The molecule has 0 spiro atoms. The summed E-state index contributed by atoms with van der Waals surface area (Å²) in [5.41, 5.74) is 1.41. The van der Waals surface area contributed by atoms with E-state index in [-0.39, 0.29) is 0 Å². The van der Waals surface area contributed by atoms with Crippen molar-refractivity contribution in [3.05, 3.63) is 42.2 Å². The predicted octanol–water partition coefficient (Wildman–Crippen LogP) is 4.22. The van der Waals surface area contributed by atoms with Crippen molar-refractivity contribution in [2.24, 2.45) is 11.8 Å². The Bertz CT molecular complexity index is 543. The molecule has 0 amide bonds. The molecule has 2 aromatic rings. The van der Waals surface area contributed by atoms with Gasteiger partial charge in [-0.15, -0.1) is 0 Å². The third kappa shape index (κ3) is 3.57. The maximum atomic E-state index is 4.28. The van der Waals surface area contributed by atoms with Gasteiger partial charge in [-0.25, -0.2) is 0 Å². The maximum Gasteiger partial charge on any atom is 0.0349 e. The Labute approximate surface area is 122 Å². The fourth-order valence-electron chi connectivity index (χ4n) is 2.62.